The molecule has 0 spiro atoms. The van der Waals surface area contributed by atoms with Crippen LogP contribution in [0.5, 0.6) is 11.5 Å². The summed E-state index contributed by atoms with van der Waals surface area (Å²) in [4.78, 5) is 100. The second kappa shape index (κ2) is 24.2. The first-order valence-corrected chi connectivity index (χ1v) is 24.8. The summed E-state index contributed by atoms with van der Waals surface area (Å²) in [5.74, 6) is -7.89. The maximum absolute atomic E-state index is 14.9. The number of ether oxygens (including phenoxy) is 2. The number of hydrogen-bond acceptors (Lipinski definition) is 17. The van der Waals surface area contributed by atoms with Crippen molar-refractivity contribution >= 4 is 41.5 Å². The molecule has 75 heavy (non-hydrogen) atoms. The average molecular weight is 1050 g/mol. The molecule has 0 unspecified atom stereocenters. The van der Waals surface area contributed by atoms with Crippen molar-refractivity contribution in [2.45, 2.75) is 118 Å². The van der Waals surface area contributed by atoms with Crippen molar-refractivity contribution in [2.24, 2.45) is 11.7 Å². The maximum Gasteiger partial charge on any atom is 0.407 e. The number of nitrogens with one attached hydrogen (secondary N) is 5. The molecule has 0 radical (unpaired) electrons. The topological polar surface area (TPSA) is 372 Å². The van der Waals surface area contributed by atoms with Crippen LogP contribution in [0.15, 0.2) is 66.7 Å². The van der Waals surface area contributed by atoms with Gasteiger partial charge in [0, 0.05) is 50.9 Å². The summed E-state index contributed by atoms with van der Waals surface area (Å²) < 4.78 is 10.8. The Morgan fingerprint density at radius 2 is 1.40 bits per heavy atom. The summed E-state index contributed by atoms with van der Waals surface area (Å²) in [5, 5.41) is 89.9. The van der Waals surface area contributed by atoms with E-state index < -0.39 is 159 Å². The van der Waals surface area contributed by atoms with Gasteiger partial charge < -0.3 is 87.3 Å². The molecule has 3 saturated heterocycles. The Morgan fingerprint density at radius 3 is 2.05 bits per heavy atom. The van der Waals surface area contributed by atoms with E-state index in [1.54, 1.807) is 0 Å². The zero-order chi connectivity index (χ0) is 54.4. The second-order valence-electron chi connectivity index (χ2n) is 19.6. The molecule has 3 aromatic carbocycles. The number of β-amino-alcohol motifs (C(OH)–C–C–N with tert-alkyl or cyclic N) is 1. The van der Waals surface area contributed by atoms with Crippen LogP contribution in [-0.2, 0) is 39.9 Å². The molecule has 0 aromatic heterocycles. The van der Waals surface area contributed by atoms with Crippen LogP contribution in [0.2, 0.25) is 0 Å². The minimum absolute atomic E-state index is 0.00878. The van der Waals surface area contributed by atoms with E-state index in [1.807, 2.05) is 48.5 Å². The zero-order valence-corrected chi connectivity index (χ0v) is 41.6. The lowest BCUT2D eigenvalue weighted by molar-refractivity contribution is -0.147. The van der Waals surface area contributed by atoms with Gasteiger partial charge in [-0.25, -0.2) is 4.79 Å². The van der Waals surface area contributed by atoms with Crippen molar-refractivity contribution in [3.8, 4) is 22.6 Å². The van der Waals surface area contributed by atoms with Crippen LogP contribution in [0.1, 0.15) is 55.7 Å². The molecule has 3 aliphatic heterocycles. The number of benzene rings is 3. The first-order chi connectivity index (χ1) is 35.7. The Hall–Kier alpha value is -6.93. The molecule has 1 aliphatic carbocycles. The maximum atomic E-state index is 14.9. The highest BCUT2D eigenvalue weighted by Crippen LogP contribution is 2.44. The SMILES string of the molecule is COc1cc(C[C@@H](O)[C@@H]2NC(=O)[C@@H]3C[C@@H](O)CN3C(=O)[C@H]([C@@H](C)O)NC(=O)[C@@H](N)C[C@@H](O)CNC(=O)[C@@H]3[C@@H](O)[C@@H](C)CN3C(=O)[C@H]([C@H](O)CCNC(=O)OCC3c4ccccc4-c4ccccc43)NC2=O)ccc1O. The number of nitrogens with two attached hydrogens (primary N) is 1. The van der Waals surface area contributed by atoms with E-state index in [9.17, 15) is 69.3 Å². The standard InChI is InChI=1S/C51H66N8O16/c1-24-21-59-43(44(24)66)48(70)54-20-27(61)18-34(52)45(67)55-40(25(2)60)49(71)58-22-28(62)19-35(58)46(68)56-41(38(65)16-26-12-13-36(63)39(17-26)74-3)47(69)57-42(50(59)72)37(64)14-15-53-51(73)75-23-33-31-10-6-4-8-29(31)30-9-5-7-11-32(30)33/h4-13,17,24-25,27-28,33-35,37-38,40-44,60-66H,14-16,18-23,52H2,1-3H3,(H,53,73)(H,54,70)(H,55,67)(H,56,68)(H,57,69)/t24-,25+,27+,28+,34-,35-,37+,38+,40-,41-,42-,43-,44-/m0/s1. The van der Waals surface area contributed by atoms with E-state index in [0.717, 1.165) is 32.1 Å². The van der Waals surface area contributed by atoms with Gasteiger partial charge in [0.2, 0.25) is 35.4 Å². The third-order valence-electron chi connectivity index (χ3n) is 14.2. The summed E-state index contributed by atoms with van der Waals surface area (Å²) in [5.41, 5.74) is 10.3. The van der Waals surface area contributed by atoms with Crippen molar-refractivity contribution in [1.82, 2.24) is 36.4 Å². The number of phenolic OH excluding ortho intramolecular Hbond substituents is 1. The summed E-state index contributed by atoms with van der Waals surface area (Å²) in [6.07, 6.45) is -12.5. The van der Waals surface area contributed by atoms with Gasteiger partial charge in [0.05, 0.1) is 49.8 Å². The summed E-state index contributed by atoms with van der Waals surface area (Å²) in [7, 11) is 1.28. The van der Waals surface area contributed by atoms with Crippen LogP contribution in [0.3, 0.4) is 0 Å². The van der Waals surface area contributed by atoms with Gasteiger partial charge >= 0.3 is 6.09 Å². The van der Waals surface area contributed by atoms with Crippen molar-refractivity contribution in [2.75, 3.05) is 39.9 Å². The lowest BCUT2D eigenvalue weighted by atomic mass is 9.98. The number of rotatable bonds is 11. The number of aliphatic hydroxyl groups excluding tert-OH is 6. The third-order valence-corrected chi connectivity index (χ3v) is 14.2. The van der Waals surface area contributed by atoms with Gasteiger partial charge in [-0.1, -0.05) is 61.5 Å². The van der Waals surface area contributed by atoms with E-state index in [4.69, 9.17) is 15.2 Å². The average Bonchev–Trinajstić information content (AvgIpc) is 4.04. The number of phenols is 1. The highest BCUT2D eigenvalue weighted by atomic mass is 16.5. The van der Waals surface area contributed by atoms with Crippen LogP contribution in [-0.4, -0.2) is 200 Å². The highest BCUT2D eigenvalue weighted by molar-refractivity contribution is 5.98. The normalized spacial score (nSPS) is 28.2. The molecule has 3 fully saturated rings. The van der Waals surface area contributed by atoms with E-state index in [0.29, 0.717) is 0 Å². The van der Waals surface area contributed by atoms with E-state index in [1.165, 1.54) is 39.2 Å². The Balaban J connectivity index is 1.19. The van der Waals surface area contributed by atoms with E-state index >= 15 is 0 Å². The molecule has 7 amide bonds. The first-order valence-electron chi connectivity index (χ1n) is 24.8. The van der Waals surface area contributed by atoms with Gasteiger partial charge in [0.1, 0.15) is 36.8 Å². The summed E-state index contributed by atoms with van der Waals surface area (Å²) in [6.45, 7) is 0.971. The van der Waals surface area contributed by atoms with Gasteiger partial charge in [-0.05, 0) is 59.7 Å². The Morgan fingerprint density at radius 1 is 0.773 bits per heavy atom. The monoisotopic (exact) mass is 1050 g/mol. The molecule has 13 atom stereocenters. The van der Waals surface area contributed by atoms with Crippen molar-refractivity contribution in [3.05, 3.63) is 83.4 Å². The molecule has 4 aliphatic rings. The molecule has 406 valence electrons. The number of carbonyl (C=O) groups is 7. The van der Waals surface area contributed by atoms with E-state index in [2.05, 4.69) is 26.6 Å². The fourth-order valence-corrected chi connectivity index (χ4v) is 10.2. The van der Waals surface area contributed by atoms with Gasteiger partial charge in [-0.3, -0.25) is 28.8 Å². The molecule has 0 bridgehead atoms. The number of methoxy groups -OCH3 is 1. The van der Waals surface area contributed by atoms with Crippen LogP contribution < -0.4 is 37.1 Å². The van der Waals surface area contributed by atoms with Crippen LogP contribution in [0.25, 0.3) is 11.1 Å². The Bertz CT molecular complexity index is 2560. The smallest absolute Gasteiger partial charge is 0.407 e. The number of fused-ring (bicyclic) bond motifs is 5. The van der Waals surface area contributed by atoms with Gasteiger partial charge in [0.15, 0.2) is 11.5 Å². The lowest BCUT2D eigenvalue weighted by Gasteiger charge is -2.34. The van der Waals surface area contributed by atoms with Crippen molar-refractivity contribution < 1.29 is 78.8 Å². The van der Waals surface area contributed by atoms with Gasteiger partial charge in [-0.15, -0.1) is 0 Å². The Labute approximate surface area is 431 Å². The number of carbonyl (C=O) groups excluding carboxylic acids is 7. The quantitative estimate of drug-likeness (QED) is 0.0900. The highest BCUT2D eigenvalue weighted by Gasteiger charge is 2.49. The fraction of sp³-hybridized carbons (Fsp3) is 0.510. The number of amides is 7. The minimum atomic E-state index is -2.04. The number of aliphatic hydroxyl groups is 6. The van der Waals surface area contributed by atoms with Crippen LogP contribution >= 0.6 is 0 Å². The molecular weight excluding hydrogens is 981 g/mol. The lowest BCUT2D eigenvalue weighted by Crippen LogP contribution is -2.64. The molecule has 0 saturated carbocycles. The van der Waals surface area contributed by atoms with Crippen LogP contribution in [0.4, 0.5) is 4.79 Å². The van der Waals surface area contributed by atoms with Crippen LogP contribution in [0, 0.1) is 5.92 Å². The molecule has 14 N–H and O–H groups in total. The third kappa shape index (κ3) is 12.6. The molecule has 24 nitrogen and oxygen atoms in total. The zero-order valence-electron chi connectivity index (χ0n) is 41.6. The number of alkyl carbamates (subject to hydrolysis) is 1. The number of aromatic hydroxyl groups is 1. The van der Waals surface area contributed by atoms with Gasteiger partial charge in [0.25, 0.3) is 0 Å². The molecule has 7 rings (SSSR count). The molecule has 3 heterocycles. The van der Waals surface area contributed by atoms with Gasteiger partial charge in [-0.2, -0.15) is 0 Å². The molecule has 24 heteroatoms. The fourth-order valence-electron chi connectivity index (χ4n) is 10.2. The minimum Gasteiger partial charge on any atom is -0.504 e. The number of nitrogens with zero attached hydrogens (tertiary/aromatic N) is 2. The first kappa shape index (κ1) is 55.8. The predicted octanol–water partition coefficient (Wildman–Crippen LogP) is -3.19. The summed E-state index contributed by atoms with van der Waals surface area (Å²) in [6, 6.07) is 8.79. The van der Waals surface area contributed by atoms with Crippen molar-refractivity contribution in [1.29, 1.82) is 0 Å². The predicted molar refractivity (Wildman–Crippen MR) is 264 cm³/mol. The Kier molecular flexibility index (Phi) is 18.0. The van der Waals surface area contributed by atoms with Crippen molar-refractivity contribution in [3.63, 3.8) is 0 Å². The molecule has 3 aromatic rings. The molecular formula is C51H66N8O16. The largest absolute Gasteiger partial charge is 0.504 e. The second-order valence-corrected chi connectivity index (χ2v) is 19.6. The summed E-state index contributed by atoms with van der Waals surface area (Å²) >= 11 is 0. The van der Waals surface area contributed by atoms with E-state index in [-0.39, 0.29) is 42.7 Å². The number of hydrogen-bond donors (Lipinski definition) is 13.